The van der Waals surface area contributed by atoms with Crippen LogP contribution in [0.25, 0.3) is 0 Å². The van der Waals surface area contributed by atoms with Gasteiger partial charge in [0.05, 0.1) is 11.8 Å². The maximum atomic E-state index is 12.1. The summed E-state index contributed by atoms with van der Waals surface area (Å²) in [4.78, 5) is 25.7. The van der Waals surface area contributed by atoms with E-state index in [2.05, 4.69) is 19.2 Å². The summed E-state index contributed by atoms with van der Waals surface area (Å²) < 4.78 is 0. The largest absolute Gasteiger partial charge is 0.317 e. The van der Waals surface area contributed by atoms with Gasteiger partial charge in [-0.3, -0.25) is 14.5 Å². The fraction of sp³-hybridized carbons (Fsp3) is 0.846. The first kappa shape index (κ1) is 12.6. The van der Waals surface area contributed by atoms with Crippen molar-refractivity contribution >= 4 is 11.8 Å². The van der Waals surface area contributed by atoms with Crippen LogP contribution >= 0.6 is 0 Å². The van der Waals surface area contributed by atoms with Crippen LogP contribution in [0.1, 0.15) is 33.1 Å². The Kier molecular flexibility index (Phi) is 3.82. The molecule has 1 N–H and O–H groups in total. The number of nitrogens with zero attached hydrogens (tertiary/aromatic N) is 1. The molecule has 2 unspecified atom stereocenters. The van der Waals surface area contributed by atoms with Crippen molar-refractivity contribution in [2.24, 2.45) is 17.8 Å². The Hall–Kier alpha value is -0.900. The summed E-state index contributed by atoms with van der Waals surface area (Å²) in [7, 11) is 0. The molecule has 2 aliphatic rings. The quantitative estimate of drug-likeness (QED) is 0.574. The first-order chi connectivity index (χ1) is 8.15. The molecule has 2 amide bonds. The molecule has 0 bridgehead atoms. The van der Waals surface area contributed by atoms with Gasteiger partial charge in [0.15, 0.2) is 0 Å². The predicted molar refractivity (Wildman–Crippen MR) is 65.3 cm³/mol. The average Bonchev–Trinajstić information content (AvgIpc) is 2.77. The molecule has 0 aromatic rings. The standard InChI is InChI=1S/C13H22N2O2/c1-3-14-5-4-6-15-12(16)10-7-9(2)8-11(10)13(15)17/h9-11,14H,3-8H2,1-2H3. The summed E-state index contributed by atoms with van der Waals surface area (Å²) in [5.74, 6) is 0.691. The van der Waals surface area contributed by atoms with Gasteiger partial charge >= 0.3 is 0 Å². The van der Waals surface area contributed by atoms with Crippen molar-refractivity contribution in [1.29, 1.82) is 0 Å². The Morgan fingerprint density at radius 2 is 1.82 bits per heavy atom. The van der Waals surface area contributed by atoms with Gasteiger partial charge in [-0.1, -0.05) is 13.8 Å². The second-order valence-corrected chi connectivity index (χ2v) is 5.32. The van der Waals surface area contributed by atoms with E-state index in [0.717, 1.165) is 32.4 Å². The van der Waals surface area contributed by atoms with Gasteiger partial charge in [0.1, 0.15) is 0 Å². The molecule has 0 aromatic heterocycles. The third-order valence-electron chi connectivity index (χ3n) is 3.95. The van der Waals surface area contributed by atoms with Crippen LogP contribution in [0.5, 0.6) is 0 Å². The van der Waals surface area contributed by atoms with Crippen LogP contribution in [0.2, 0.25) is 0 Å². The van der Waals surface area contributed by atoms with Gasteiger partial charge in [0, 0.05) is 6.54 Å². The minimum absolute atomic E-state index is 0.00312. The first-order valence-electron chi connectivity index (χ1n) is 6.71. The van der Waals surface area contributed by atoms with E-state index >= 15 is 0 Å². The second-order valence-electron chi connectivity index (χ2n) is 5.32. The van der Waals surface area contributed by atoms with Crippen molar-refractivity contribution in [1.82, 2.24) is 10.2 Å². The number of carbonyl (C=O) groups excluding carboxylic acids is 2. The Labute approximate surface area is 103 Å². The minimum Gasteiger partial charge on any atom is -0.317 e. The van der Waals surface area contributed by atoms with Crippen molar-refractivity contribution < 1.29 is 9.59 Å². The van der Waals surface area contributed by atoms with Gasteiger partial charge in [-0.2, -0.15) is 0 Å². The highest BCUT2D eigenvalue weighted by molar-refractivity contribution is 6.05. The van der Waals surface area contributed by atoms with Gasteiger partial charge in [-0.05, 0) is 38.3 Å². The molecule has 0 spiro atoms. The monoisotopic (exact) mass is 238 g/mol. The number of fused-ring (bicyclic) bond motifs is 1. The molecule has 1 aliphatic carbocycles. The Balaban J connectivity index is 1.88. The van der Waals surface area contributed by atoms with Gasteiger partial charge in [0.25, 0.3) is 0 Å². The molecule has 1 saturated carbocycles. The number of likely N-dealkylation sites (tertiary alicyclic amines) is 1. The second kappa shape index (κ2) is 5.17. The van der Waals surface area contributed by atoms with Crippen LogP contribution in [0, 0.1) is 17.8 Å². The summed E-state index contributed by atoms with van der Waals surface area (Å²) >= 11 is 0. The summed E-state index contributed by atoms with van der Waals surface area (Å²) in [5, 5.41) is 3.21. The van der Waals surface area contributed by atoms with E-state index in [1.807, 2.05) is 0 Å². The molecular weight excluding hydrogens is 216 g/mol. The van der Waals surface area contributed by atoms with Crippen molar-refractivity contribution in [3.63, 3.8) is 0 Å². The van der Waals surface area contributed by atoms with Crippen LogP contribution in [0.3, 0.4) is 0 Å². The van der Waals surface area contributed by atoms with Crippen LogP contribution in [-0.2, 0) is 9.59 Å². The highest BCUT2D eigenvalue weighted by atomic mass is 16.2. The van der Waals surface area contributed by atoms with Crippen LogP contribution < -0.4 is 5.32 Å². The topological polar surface area (TPSA) is 49.4 Å². The molecule has 1 heterocycles. The molecule has 2 atom stereocenters. The molecular formula is C13H22N2O2. The zero-order chi connectivity index (χ0) is 12.4. The molecule has 0 aromatic carbocycles. The van der Waals surface area contributed by atoms with E-state index in [-0.39, 0.29) is 23.7 Å². The highest BCUT2D eigenvalue weighted by Crippen LogP contribution is 2.42. The molecule has 96 valence electrons. The molecule has 1 aliphatic heterocycles. The Bertz CT molecular complexity index is 293. The molecule has 0 radical (unpaired) electrons. The maximum Gasteiger partial charge on any atom is 0.233 e. The lowest BCUT2D eigenvalue weighted by Gasteiger charge is -2.16. The smallest absolute Gasteiger partial charge is 0.233 e. The van der Waals surface area contributed by atoms with Gasteiger partial charge in [-0.25, -0.2) is 0 Å². The summed E-state index contributed by atoms with van der Waals surface area (Å²) in [5.41, 5.74) is 0. The van der Waals surface area contributed by atoms with E-state index in [9.17, 15) is 9.59 Å². The van der Waals surface area contributed by atoms with Crippen molar-refractivity contribution in [2.75, 3.05) is 19.6 Å². The summed E-state index contributed by atoms with van der Waals surface area (Å²) in [6.45, 7) is 6.59. The summed E-state index contributed by atoms with van der Waals surface area (Å²) in [6, 6.07) is 0. The number of hydrogen-bond acceptors (Lipinski definition) is 3. The number of nitrogens with one attached hydrogen (secondary N) is 1. The maximum absolute atomic E-state index is 12.1. The van der Waals surface area contributed by atoms with Crippen LogP contribution in [-0.4, -0.2) is 36.3 Å². The van der Waals surface area contributed by atoms with Crippen molar-refractivity contribution in [3.05, 3.63) is 0 Å². The number of imide groups is 1. The van der Waals surface area contributed by atoms with Gasteiger partial charge in [-0.15, -0.1) is 0 Å². The molecule has 2 fully saturated rings. The number of hydrogen-bond donors (Lipinski definition) is 1. The molecule has 1 saturated heterocycles. The third kappa shape index (κ3) is 2.37. The zero-order valence-corrected chi connectivity index (χ0v) is 10.7. The lowest BCUT2D eigenvalue weighted by Crippen LogP contribution is -2.34. The fourth-order valence-electron chi connectivity index (χ4n) is 3.11. The number of amides is 2. The van der Waals surface area contributed by atoms with Gasteiger partial charge in [0.2, 0.25) is 11.8 Å². The third-order valence-corrected chi connectivity index (χ3v) is 3.95. The lowest BCUT2D eigenvalue weighted by molar-refractivity contribution is -0.140. The minimum atomic E-state index is -0.00312. The molecule has 4 nitrogen and oxygen atoms in total. The van der Waals surface area contributed by atoms with Crippen molar-refractivity contribution in [3.8, 4) is 0 Å². The Morgan fingerprint density at radius 1 is 1.24 bits per heavy atom. The SMILES string of the molecule is CCNCCCN1C(=O)C2CC(C)CC2C1=O. The van der Waals surface area contributed by atoms with Gasteiger partial charge < -0.3 is 5.32 Å². The lowest BCUT2D eigenvalue weighted by atomic mass is 10.00. The molecule has 4 heteroatoms. The van der Waals surface area contributed by atoms with Crippen molar-refractivity contribution in [2.45, 2.75) is 33.1 Å². The van der Waals surface area contributed by atoms with E-state index in [1.165, 1.54) is 4.90 Å². The average molecular weight is 238 g/mol. The normalized spacial score (nSPS) is 32.4. The number of carbonyl (C=O) groups is 2. The summed E-state index contributed by atoms with van der Waals surface area (Å²) in [6.07, 6.45) is 2.66. The Morgan fingerprint density at radius 3 is 2.35 bits per heavy atom. The number of rotatable bonds is 5. The highest BCUT2D eigenvalue weighted by Gasteiger charge is 2.51. The molecule has 17 heavy (non-hydrogen) atoms. The molecule has 2 rings (SSSR count). The van der Waals surface area contributed by atoms with Crippen LogP contribution in [0.4, 0.5) is 0 Å². The van der Waals surface area contributed by atoms with E-state index < -0.39 is 0 Å². The van der Waals surface area contributed by atoms with E-state index in [0.29, 0.717) is 12.5 Å². The van der Waals surface area contributed by atoms with E-state index in [4.69, 9.17) is 0 Å². The fourth-order valence-corrected chi connectivity index (χ4v) is 3.11. The van der Waals surface area contributed by atoms with Crippen LogP contribution in [0.15, 0.2) is 0 Å². The van der Waals surface area contributed by atoms with E-state index in [1.54, 1.807) is 0 Å². The predicted octanol–water partition coefficient (Wildman–Crippen LogP) is 1.02. The zero-order valence-electron chi connectivity index (χ0n) is 10.7. The first-order valence-corrected chi connectivity index (χ1v) is 6.71.